The molecular weight excluding hydrogens is 402 g/mol. The molecule has 2 aromatic carbocycles. The summed E-state index contributed by atoms with van der Waals surface area (Å²) in [7, 11) is -3.77. The highest BCUT2D eigenvalue weighted by molar-refractivity contribution is 7.89. The fraction of sp³-hybridized carbons (Fsp3) is 0.167. The molecule has 0 spiro atoms. The van der Waals surface area contributed by atoms with Crippen LogP contribution >= 0.6 is 11.6 Å². The van der Waals surface area contributed by atoms with Gasteiger partial charge in [-0.1, -0.05) is 23.7 Å². The second-order valence-corrected chi connectivity index (χ2v) is 8.09. The first kappa shape index (κ1) is 20.0. The molecule has 8 nitrogen and oxygen atoms in total. The SMILES string of the molecule is Cc1nc(-c2ccc(NC(=O)CCNS(=O)(=O)c3ccccc3Cl)cc2)n[nH]1. The highest BCUT2D eigenvalue weighted by Crippen LogP contribution is 2.20. The molecule has 3 N–H and O–H groups in total. The molecule has 0 bridgehead atoms. The molecule has 0 aliphatic rings. The van der Waals surface area contributed by atoms with E-state index < -0.39 is 10.0 Å². The number of anilines is 1. The van der Waals surface area contributed by atoms with Crippen molar-refractivity contribution >= 4 is 33.2 Å². The number of aromatic nitrogens is 3. The van der Waals surface area contributed by atoms with E-state index in [2.05, 4.69) is 25.2 Å². The van der Waals surface area contributed by atoms with Crippen LogP contribution in [0.4, 0.5) is 5.69 Å². The van der Waals surface area contributed by atoms with Crippen LogP contribution in [0.3, 0.4) is 0 Å². The molecule has 0 unspecified atom stereocenters. The summed E-state index contributed by atoms with van der Waals surface area (Å²) in [6.45, 7) is 1.76. The van der Waals surface area contributed by atoms with Crippen LogP contribution in [0.25, 0.3) is 11.4 Å². The number of aromatic amines is 1. The number of hydrogen-bond acceptors (Lipinski definition) is 5. The van der Waals surface area contributed by atoms with Gasteiger partial charge in [-0.05, 0) is 43.3 Å². The largest absolute Gasteiger partial charge is 0.326 e. The second-order valence-electron chi connectivity index (χ2n) is 5.95. The van der Waals surface area contributed by atoms with E-state index >= 15 is 0 Å². The number of nitrogens with one attached hydrogen (secondary N) is 3. The van der Waals surface area contributed by atoms with Gasteiger partial charge < -0.3 is 5.32 Å². The van der Waals surface area contributed by atoms with Crippen molar-refractivity contribution in [3.63, 3.8) is 0 Å². The summed E-state index contributed by atoms with van der Waals surface area (Å²) in [4.78, 5) is 16.3. The third kappa shape index (κ3) is 4.94. The lowest BCUT2D eigenvalue weighted by atomic mass is 10.2. The van der Waals surface area contributed by atoms with Crippen LogP contribution in [0.2, 0.25) is 5.02 Å². The van der Waals surface area contributed by atoms with E-state index in [9.17, 15) is 13.2 Å². The fourth-order valence-electron chi connectivity index (χ4n) is 2.44. The summed E-state index contributed by atoms with van der Waals surface area (Å²) < 4.78 is 26.8. The number of hydrogen-bond donors (Lipinski definition) is 3. The predicted octanol–water partition coefficient (Wildman–Crippen LogP) is 2.74. The van der Waals surface area contributed by atoms with Gasteiger partial charge >= 0.3 is 0 Å². The minimum atomic E-state index is -3.77. The Morgan fingerprint density at radius 1 is 1.14 bits per heavy atom. The van der Waals surface area contributed by atoms with E-state index in [4.69, 9.17) is 11.6 Å². The normalized spacial score (nSPS) is 11.4. The van der Waals surface area contributed by atoms with Gasteiger partial charge in [0.1, 0.15) is 10.7 Å². The molecule has 1 heterocycles. The van der Waals surface area contributed by atoms with Gasteiger partial charge in [0.2, 0.25) is 15.9 Å². The second kappa shape index (κ2) is 8.51. The van der Waals surface area contributed by atoms with Crippen LogP contribution in [0.5, 0.6) is 0 Å². The molecule has 1 amide bonds. The van der Waals surface area contributed by atoms with Gasteiger partial charge in [0, 0.05) is 24.2 Å². The third-order valence-corrected chi connectivity index (χ3v) is 5.76. The van der Waals surface area contributed by atoms with E-state index in [0.717, 1.165) is 5.56 Å². The van der Waals surface area contributed by atoms with Gasteiger partial charge in [-0.15, -0.1) is 0 Å². The predicted molar refractivity (Wildman–Crippen MR) is 106 cm³/mol. The lowest BCUT2D eigenvalue weighted by Crippen LogP contribution is -2.28. The number of benzene rings is 2. The lowest BCUT2D eigenvalue weighted by Gasteiger charge is -2.09. The van der Waals surface area contributed by atoms with Gasteiger partial charge in [0.25, 0.3) is 0 Å². The van der Waals surface area contributed by atoms with E-state index in [1.807, 2.05) is 6.92 Å². The Kier molecular flexibility index (Phi) is 6.08. The molecule has 0 saturated carbocycles. The molecule has 0 aliphatic carbocycles. The average Bonchev–Trinajstić information content (AvgIpc) is 3.09. The maximum atomic E-state index is 12.2. The van der Waals surface area contributed by atoms with Crippen molar-refractivity contribution in [2.24, 2.45) is 0 Å². The highest BCUT2D eigenvalue weighted by Gasteiger charge is 2.17. The Balaban J connectivity index is 1.52. The zero-order valence-corrected chi connectivity index (χ0v) is 16.5. The van der Waals surface area contributed by atoms with Crippen LogP contribution in [0, 0.1) is 6.92 Å². The van der Waals surface area contributed by atoms with Crippen molar-refractivity contribution in [2.75, 3.05) is 11.9 Å². The van der Waals surface area contributed by atoms with Crippen molar-refractivity contribution in [2.45, 2.75) is 18.2 Å². The molecule has 0 saturated heterocycles. The molecule has 1 aromatic heterocycles. The number of nitrogens with zero attached hydrogens (tertiary/aromatic N) is 2. The van der Waals surface area contributed by atoms with Gasteiger partial charge in [-0.2, -0.15) is 5.10 Å². The van der Waals surface area contributed by atoms with Gasteiger partial charge in [0.05, 0.1) is 5.02 Å². The molecule has 0 aliphatic heterocycles. The van der Waals surface area contributed by atoms with Crippen LogP contribution in [0.1, 0.15) is 12.2 Å². The first-order valence-corrected chi connectivity index (χ1v) is 10.2. The number of aryl methyl sites for hydroxylation is 1. The van der Waals surface area contributed by atoms with Crippen LogP contribution in [-0.4, -0.2) is 36.1 Å². The zero-order chi connectivity index (χ0) is 20.1. The number of H-pyrrole nitrogens is 1. The molecule has 3 rings (SSSR count). The number of carbonyl (C=O) groups is 1. The first-order chi connectivity index (χ1) is 13.3. The van der Waals surface area contributed by atoms with Crippen molar-refractivity contribution < 1.29 is 13.2 Å². The molecular formula is C18H18ClN5O3S. The maximum Gasteiger partial charge on any atom is 0.242 e. The molecule has 0 radical (unpaired) electrons. The Morgan fingerprint density at radius 2 is 1.86 bits per heavy atom. The van der Waals surface area contributed by atoms with Gasteiger partial charge in [-0.3, -0.25) is 9.89 Å². The standard InChI is InChI=1S/C18H18ClN5O3S/c1-12-21-18(24-23-12)13-6-8-14(9-7-13)22-17(25)10-11-20-28(26,27)16-5-3-2-4-15(16)19/h2-9,20H,10-11H2,1H3,(H,22,25)(H,21,23,24). The van der Waals surface area contributed by atoms with Crippen LogP contribution in [-0.2, 0) is 14.8 Å². The van der Waals surface area contributed by atoms with Gasteiger partial charge in [-0.25, -0.2) is 18.1 Å². The molecule has 0 atom stereocenters. The maximum absolute atomic E-state index is 12.2. The Labute approximate surface area is 167 Å². The Hall–Kier alpha value is -2.75. The zero-order valence-electron chi connectivity index (χ0n) is 14.9. The van der Waals surface area contributed by atoms with Crippen molar-refractivity contribution in [3.8, 4) is 11.4 Å². The molecule has 28 heavy (non-hydrogen) atoms. The summed E-state index contributed by atoms with van der Waals surface area (Å²) >= 11 is 5.91. The van der Waals surface area contributed by atoms with E-state index in [1.165, 1.54) is 12.1 Å². The molecule has 0 fully saturated rings. The summed E-state index contributed by atoms with van der Waals surface area (Å²) in [5.41, 5.74) is 1.41. The topological polar surface area (TPSA) is 117 Å². The number of amides is 1. The minimum Gasteiger partial charge on any atom is -0.326 e. The molecule has 146 valence electrons. The lowest BCUT2D eigenvalue weighted by molar-refractivity contribution is -0.116. The van der Waals surface area contributed by atoms with Crippen molar-refractivity contribution in [1.29, 1.82) is 0 Å². The van der Waals surface area contributed by atoms with E-state index in [1.54, 1.807) is 36.4 Å². The van der Waals surface area contributed by atoms with Crippen molar-refractivity contribution in [1.82, 2.24) is 19.9 Å². The summed E-state index contributed by atoms with van der Waals surface area (Å²) in [5.74, 6) is 0.972. The Morgan fingerprint density at radius 3 is 2.50 bits per heavy atom. The van der Waals surface area contributed by atoms with Crippen molar-refractivity contribution in [3.05, 3.63) is 59.4 Å². The van der Waals surface area contributed by atoms with E-state index in [-0.39, 0.29) is 28.8 Å². The average molecular weight is 420 g/mol. The quantitative estimate of drug-likeness (QED) is 0.544. The highest BCUT2D eigenvalue weighted by atomic mass is 35.5. The number of rotatable bonds is 7. The fourth-order valence-corrected chi connectivity index (χ4v) is 3.99. The number of sulfonamides is 1. The monoisotopic (exact) mass is 419 g/mol. The minimum absolute atomic E-state index is 0.0186. The Bertz CT molecular complexity index is 1080. The van der Waals surface area contributed by atoms with E-state index in [0.29, 0.717) is 17.3 Å². The van der Waals surface area contributed by atoms with Gasteiger partial charge in [0.15, 0.2) is 5.82 Å². The number of carbonyl (C=O) groups excluding carboxylic acids is 1. The third-order valence-electron chi connectivity index (χ3n) is 3.79. The summed E-state index contributed by atoms with van der Waals surface area (Å²) in [6.07, 6.45) is -0.0223. The molecule has 10 heteroatoms. The number of halogens is 1. The molecule has 3 aromatic rings. The summed E-state index contributed by atoms with van der Waals surface area (Å²) in [6, 6.07) is 13.2. The van der Waals surface area contributed by atoms with Crippen LogP contribution in [0.15, 0.2) is 53.4 Å². The first-order valence-electron chi connectivity index (χ1n) is 8.38. The van der Waals surface area contributed by atoms with Crippen LogP contribution < -0.4 is 10.0 Å². The summed E-state index contributed by atoms with van der Waals surface area (Å²) in [5, 5.41) is 9.68. The smallest absolute Gasteiger partial charge is 0.242 e.